The molecule has 156 valence electrons. The molecule has 1 saturated carbocycles. The maximum Gasteiger partial charge on any atom is 0.338 e. The summed E-state index contributed by atoms with van der Waals surface area (Å²) in [5.74, 6) is -0.208. The fourth-order valence-electron chi connectivity index (χ4n) is 2.67. The Hall–Kier alpha value is -3.07. The monoisotopic (exact) mass is 426 g/mol. The smallest absolute Gasteiger partial charge is 0.338 e. The summed E-state index contributed by atoms with van der Waals surface area (Å²) in [4.78, 5) is 41.5. The number of amides is 1. The number of hydrogen-bond donors (Lipinski definition) is 1. The molecule has 8 nitrogen and oxygen atoms in total. The third-order valence-electron chi connectivity index (χ3n) is 4.65. The molecule has 9 heteroatoms. The predicted octanol–water partition coefficient (Wildman–Crippen LogP) is 3.37. The molecule has 1 aromatic carbocycles. The Labute approximate surface area is 176 Å². The van der Waals surface area contributed by atoms with Crippen LogP contribution in [-0.4, -0.2) is 26.5 Å². The van der Waals surface area contributed by atoms with Crippen molar-refractivity contribution in [1.29, 1.82) is 0 Å². The number of aromatic nitrogens is 3. The maximum atomic E-state index is 12.3. The lowest BCUT2D eigenvalue weighted by molar-refractivity contribution is -0.123. The summed E-state index contributed by atoms with van der Waals surface area (Å²) in [5, 5.41) is 8.05. The van der Waals surface area contributed by atoms with E-state index in [1.54, 1.807) is 24.3 Å². The summed E-state index contributed by atoms with van der Waals surface area (Å²) in [7, 11) is 0. The first-order chi connectivity index (χ1) is 14.2. The van der Waals surface area contributed by atoms with Gasteiger partial charge in [0, 0.05) is 23.1 Å². The summed E-state index contributed by atoms with van der Waals surface area (Å²) in [6, 6.07) is 7.79. The number of carbonyl (C=O) groups excluding carboxylic acids is 2. The van der Waals surface area contributed by atoms with Gasteiger partial charge in [-0.3, -0.25) is 9.59 Å². The molecule has 1 aliphatic rings. The van der Waals surface area contributed by atoms with Gasteiger partial charge in [0.2, 0.25) is 10.9 Å². The molecule has 0 bridgehead atoms. The van der Waals surface area contributed by atoms with Crippen molar-refractivity contribution in [3.05, 3.63) is 57.0 Å². The molecule has 1 amide bonds. The average molecular weight is 426 g/mol. The summed E-state index contributed by atoms with van der Waals surface area (Å²) in [6.45, 7) is 5.36. The van der Waals surface area contributed by atoms with Gasteiger partial charge in [0.15, 0.2) is 0 Å². The molecule has 0 saturated heterocycles. The quantitative estimate of drug-likeness (QED) is 0.628. The molecule has 0 aliphatic heterocycles. The largest absolute Gasteiger partial charge is 0.456 e. The standard InChI is InChI=1S/C21H22N4O4S/c1-21(2,3)19(28)22-14-8-6-13(7-9-14)18(27)29-11-15-10-16(26)25-20(23-15)30-17(24-25)12-4-5-12/h6-10,12H,4-5,11H2,1-3H3,(H,22,28). The van der Waals surface area contributed by atoms with Gasteiger partial charge in [-0.05, 0) is 37.1 Å². The fourth-order valence-corrected chi connectivity index (χ4v) is 3.76. The van der Waals surface area contributed by atoms with Crippen molar-refractivity contribution in [1.82, 2.24) is 14.6 Å². The number of rotatable bonds is 5. The minimum absolute atomic E-state index is 0.107. The van der Waals surface area contributed by atoms with E-state index in [4.69, 9.17) is 4.74 Å². The normalized spacial score (nSPS) is 14.0. The van der Waals surface area contributed by atoms with Gasteiger partial charge in [0.25, 0.3) is 5.56 Å². The average Bonchev–Trinajstić information content (AvgIpc) is 3.45. The van der Waals surface area contributed by atoms with E-state index in [1.807, 2.05) is 20.8 Å². The van der Waals surface area contributed by atoms with E-state index in [0.717, 1.165) is 17.8 Å². The van der Waals surface area contributed by atoms with Gasteiger partial charge in [-0.2, -0.15) is 9.61 Å². The third-order valence-corrected chi connectivity index (χ3v) is 5.72. The van der Waals surface area contributed by atoms with Crippen LogP contribution < -0.4 is 10.9 Å². The fraction of sp³-hybridized carbons (Fsp3) is 0.381. The van der Waals surface area contributed by atoms with Gasteiger partial charge >= 0.3 is 5.97 Å². The van der Waals surface area contributed by atoms with Crippen LogP contribution in [0.15, 0.2) is 35.1 Å². The zero-order valence-corrected chi connectivity index (χ0v) is 17.8. The second-order valence-electron chi connectivity index (χ2n) is 8.35. The van der Waals surface area contributed by atoms with Crippen LogP contribution >= 0.6 is 11.3 Å². The van der Waals surface area contributed by atoms with E-state index < -0.39 is 11.4 Å². The Bertz CT molecular complexity index is 1170. The van der Waals surface area contributed by atoms with E-state index in [1.165, 1.54) is 21.9 Å². The van der Waals surface area contributed by atoms with Crippen molar-refractivity contribution in [3.8, 4) is 0 Å². The molecule has 3 aromatic rings. The van der Waals surface area contributed by atoms with Gasteiger partial charge in [-0.1, -0.05) is 32.1 Å². The first-order valence-corrected chi connectivity index (χ1v) is 10.5. The number of ether oxygens (including phenoxy) is 1. The molecule has 4 rings (SSSR count). The van der Waals surface area contributed by atoms with Crippen LogP contribution in [0.2, 0.25) is 0 Å². The second kappa shape index (κ2) is 7.64. The molecule has 0 atom stereocenters. The van der Waals surface area contributed by atoms with Crippen molar-refractivity contribution in [2.45, 2.75) is 46.1 Å². The Morgan fingerprint density at radius 1 is 1.23 bits per heavy atom. The minimum Gasteiger partial charge on any atom is -0.456 e. The van der Waals surface area contributed by atoms with Gasteiger partial charge in [0.05, 0.1) is 11.3 Å². The highest BCUT2D eigenvalue weighted by molar-refractivity contribution is 7.16. The highest BCUT2D eigenvalue weighted by Crippen LogP contribution is 2.41. The van der Waals surface area contributed by atoms with E-state index >= 15 is 0 Å². The van der Waals surface area contributed by atoms with Crippen LogP contribution in [0.1, 0.15) is 60.6 Å². The summed E-state index contributed by atoms with van der Waals surface area (Å²) >= 11 is 1.40. The predicted molar refractivity (Wildman–Crippen MR) is 113 cm³/mol. The van der Waals surface area contributed by atoms with Crippen molar-refractivity contribution >= 4 is 33.9 Å². The molecule has 30 heavy (non-hydrogen) atoms. The van der Waals surface area contributed by atoms with Crippen LogP contribution in [0, 0.1) is 5.41 Å². The van der Waals surface area contributed by atoms with Gasteiger partial charge in [-0.15, -0.1) is 0 Å². The second-order valence-corrected chi connectivity index (χ2v) is 9.34. The third kappa shape index (κ3) is 4.40. The Morgan fingerprint density at radius 3 is 2.57 bits per heavy atom. The molecule has 0 spiro atoms. The molecule has 0 radical (unpaired) electrons. The Morgan fingerprint density at radius 2 is 1.93 bits per heavy atom. The Kier molecular flexibility index (Phi) is 5.15. The number of esters is 1. The SMILES string of the molecule is CC(C)(C)C(=O)Nc1ccc(C(=O)OCc2cc(=O)n3nc(C4CC4)sc3n2)cc1. The topological polar surface area (TPSA) is 103 Å². The molecule has 2 heterocycles. The van der Waals surface area contributed by atoms with Crippen LogP contribution in [0.3, 0.4) is 0 Å². The lowest BCUT2D eigenvalue weighted by Gasteiger charge is -2.17. The minimum atomic E-state index is -0.534. The van der Waals surface area contributed by atoms with Crippen LogP contribution in [0.5, 0.6) is 0 Å². The summed E-state index contributed by atoms with van der Waals surface area (Å²) < 4.78 is 6.61. The van der Waals surface area contributed by atoms with Crippen LogP contribution in [-0.2, 0) is 16.1 Å². The van der Waals surface area contributed by atoms with Crippen molar-refractivity contribution in [3.63, 3.8) is 0 Å². The van der Waals surface area contributed by atoms with E-state index in [0.29, 0.717) is 27.8 Å². The molecule has 0 unspecified atom stereocenters. The number of benzene rings is 1. The van der Waals surface area contributed by atoms with Gasteiger partial charge in [-0.25, -0.2) is 9.78 Å². The lowest BCUT2D eigenvalue weighted by atomic mass is 9.95. The zero-order chi connectivity index (χ0) is 21.5. The van der Waals surface area contributed by atoms with Crippen molar-refractivity contribution < 1.29 is 14.3 Å². The first-order valence-electron chi connectivity index (χ1n) is 9.69. The first kappa shape index (κ1) is 20.2. The summed E-state index contributed by atoms with van der Waals surface area (Å²) in [6.07, 6.45) is 2.19. The van der Waals surface area contributed by atoms with Gasteiger partial charge < -0.3 is 10.1 Å². The van der Waals surface area contributed by atoms with Crippen LogP contribution in [0.4, 0.5) is 5.69 Å². The van der Waals surface area contributed by atoms with Crippen molar-refractivity contribution in [2.24, 2.45) is 5.41 Å². The number of nitrogens with one attached hydrogen (secondary N) is 1. The Balaban J connectivity index is 1.40. The van der Waals surface area contributed by atoms with Crippen molar-refractivity contribution in [2.75, 3.05) is 5.32 Å². The molecule has 1 fully saturated rings. The lowest BCUT2D eigenvalue weighted by Crippen LogP contribution is -2.27. The number of nitrogens with zero attached hydrogens (tertiary/aromatic N) is 3. The molecular weight excluding hydrogens is 404 g/mol. The van der Waals surface area contributed by atoms with Gasteiger partial charge in [0.1, 0.15) is 11.6 Å². The number of carbonyl (C=O) groups is 2. The maximum absolute atomic E-state index is 12.3. The van der Waals surface area contributed by atoms with E-state index in [9.17, 15) is 14.4 Å². The number of hydrogen-bond acceptors (Lipinski definition) is 7. The van der Waals surface area contributed by atoms with Crippen LogP contribution in [0.25, 0.3) is 4.96 Å². The number of anilines is 1. The zero-order valence-electron chi connectivity index (χ0n) is 17.0. The highest BCUT2D eigenvalue weighted by Gasteiger charge is 2.28. The summed E-state index contributed by atoms with van der Waals surface area (Å²) in [5.41, 5.74) is 0.530. The highest BCUT2D eigenvalue weighted by atomic mass is 32.1. The molecule has 2 aromatic heterocycles. The van der Waals surface area contributed by atoms with E-state index in [2.05, 4.69) is 15.4 Å². The molecule has 1 N–H and O–H groups in total. The number of fused-ring (bicyclic) bond motifs is 1. The van der Waals surface area contributed by atoms with E-state index in [-0.39, 0.29) is 18.1 Å². The molecular formula is C21H22N4O4S. The molecule has 1 aliphatic carbocycles.